The normalized spacial score (nSPS) is 13.6. The number of nitrogens with one attached hydrogen (secondary N) is 1. The molecule has 0 radical (unpaired) electrons. The van der Waals surface area contributed by atoms with Gasteiger partial charge in [0.05, 0.1) is 0 Å². The second-order valence-corrected chi connectivity index (χ2v) is 3.11. The molecule has 1 aromatic carbocycles. The number of carboxylic acid groups (broad SMARTS) is 1. The number of rotatable bonds is 5. The molecule has 5 nitrogen and oxygen atoms in total. The predicted octanol–water partition coefficient (Wildman–Crippen LogP) is 0.508. The van der Waals surface area contributed by atoms with Crippen LogP contribution >= 0.6 is 0 Å². The SMILES string of the molecule is [2H]CN(NO)[C@@H](Cc1ccccc1)C(=O)O. The molecular weight excluding hydrogens is 196 g/mol. The van der Waals surface area contributed by atoms with Crippen molar-refractivity contribution in [1.82, 2.24) is 10.6 Å². The molecule has 82 valence electrons. The monoisotopic (exact) mass is 211 g/mol. The Hall–Kier alpha value is -1.43. The molecule has 0 aliphatic carbocycles. The zero-order valence-electron chi connectivity index (χ0n) is 9.13. The van der Waals surface area contributed by atoms with Gasteiger partial charge in [0.25, 0.3) is 0 Å². The predicted molar refractivity (Wildman–Crippen MR) is 54.3 cm³/mol. The molecule has 15 heavy (non-hydrogen) atoms. The third-order valence-electron chi connectivity index (χ3n) is 2.06. The number of hydrogen-bond donors (Lipinski definition) is 3. The van der Waals surface area contributed by atoms with Crippen LogP contribution in [0.4, 0.5) is 0 Å². The minimum Gasteiger partial charge on any atom is -0.480 e. The largest absolute Gasteiger partial charge is 0.480 e. The van der Waals surface area contributed by atoms with Gasteiger partial charge >= 0.3 is 5.97 Å². The summed E-state index contributed by atoms with van der Waals surface area (Å²) in [5.41, 5.74) is 2.56. The first-order chi connectivity index (χ1) is 7.69. The number of hydrogen-bond acceptors (Lipinski definition) is 4. The average molecular weight is 211 g/mol. The van der Waals surface area contributed by atoms with E-state index in [1.54, 1.807) is 17.7 Å². The van der Waals surface area contributed by atoms with Crippen molar-refractivity contribution in [3.05, 3.63) is 35.9 Å². The van der Waals surface area contributed by atoms with E-state index in [2.05, 4.69) is 0 Å². The van der Waals surface area contributed by atoms with Crippen LogP contribution in [0.3, 0.4) is 0 Å². The molecule has 1 atom stereocenters. The van der Waals surface area contributed by atoms with Gasteiger partial charge in [-0.2, -0.15) is 0 Å². The van der Waals surface area contributed by atoms with E-state index in [0.29, 0.717) is 0 Å². The molecule has 0 aliphatic rings. The number of hydrazine groups is 1. The zero-order valence-corrected chi connectivity index (χ0v) is 8.13. The van der Waals surface area contributed by atoms with Crippen LogP contribution < -0.4 is 5.59 Å². The highest BCUT2D eigenvalue weighted by Gasteiger charge is 2.22. The first kappa shape index (κ1) is 10.1. The van der Waals surface area contributed by atoms with E-state index in [1.165, 1.54) is 0 Å². The van der Waals surface area contributed by atoms with Crippen molar-refractivity contribution in [2.24, 2.45) is 0 Å². The quantitative estimate of drug-likeness (QED) is 0.619. The number of aliphatic carboxylic acids is 1. The maximum Gasteiger partial charge on any atom is 0.322 e. The molecule has 0 saturated carbocycles. The van der Waals surface area contributed by atoms with Gasteiger partial charge in [0, 0.05) is 14.8 Å². The van der Waals surface area contributed by atoms with Crippen molar-refractivity contribution in [1.29, 1.82) is 0 Å². The number of carbonyl (C=O) groups is 1. The zero-order chi connectivity index (χ0) is 12.0. The molecule has 0 aliphatic heterocycles. The lowest BCUT2D eigenvalue weighted by molar-refractivity contribution is -0.148. The lowest BCUT2D eigenvalue weighted by Crippen LogP contribution is -2.46. The van der Waals surface area contributed by atoms with Gasteiger partial charge in [-0.3, -0.25) is 4.79 Å². The number of nitrogens with zero attached hydrogens (tertiary/aromatic N) is 1. The topological polar surface area (TPSA) is 72.8 Å². The fraction of sp³-hybridized carbons (Fsp3) is 0.300. The third kappa shape index (κ3) is 3.32. The Labute approximate surface area is 89.3 Å². The lowest BCUT2D eigenvalue weighted by Gasteiger charge is -2.22. The first-order valence-electron chi connectivity index (χ1n) is 5.12. The van der Waals surface area contributed by atoms with E-state index < -0.39 is 12.0 Å². The molecule has 0 spiro atoms. The number of likely N-dealkylation sites (N-methyl/N-ethyl adjacent to an activating group) is 1. The maximum atomic E-state index is 11.0. The average Bonchev–Trinajstić information content (AvgIpc) is 2.30. The highest BCUT2D eigenvalue weighted by atomic mass is 16.5. The van der Waals surface area contributed by atoms with Gasteiger partial charge in [0.15, 0.2) is 0 Å². The van der Waals surface area contributed by atoms with Crippen molar-refractivity contribution >= 4 is 5.97 Å². The smallest absolute Gasteiger partial charge is 0.322 e. The molecule has 0 fully saturated rings. The molecule has 3 N–H and O–H groups in total. The van der Waals surface area contributed by atoms with E-state index in [-0.39, 0.29) is 13.4 Å². The van der Waals surface area contributed by atoms with Crippen LogP contribution in [0.25, 0.3) is 0 Å². The summed E-state index contributed by atoms with van der Waals surface area (Å²) in [6.45, 7) is 0. The Morgan fingerprint density at radius 1 is 1.60 bits per heavy atom. The lowest BCUT2D eigenvalue weighted by atomic mass is 10.1. The minimum atomic E-state index is -1.09. The van der Waals surface area contributed by atoms with Crippen LogP contribution in [0.5, 0.6) is 0 Å². The van der Waals surface area contributed by atoms with Gasteiger partial charge in [-0.05, 0) is 5.56 Å². The van der Waals surface area contributed by atoms with Gasteiger partial charge in [-0.25, -0.2) is 5.01 Å². The Bertz CT molecular complexity index is 330. The summed E-state index contributed by atoms with van der Waals surface area (Å²) < 4.78 is 7.09. The van der Waals surface area contributed by atoms with Crippen LogP contribution in [-0.2, 0) is 11.2 Å². The third-order valence-corrected chi connectivity index (χ3v) is 2.06. The molecule has 0 saturated heterocycles. The number of carboxylic acids is 1. The van der Waals surface area contributed by atoms with Crippen molar-refractivity contribution in [3.63, 3.8) is 0 Å². The fourth-order valence-electron chi connectivity index (χ4n) is 1.24. The van der Waals surface area contributed by atoms with Crippen LogP contribution in [0.1, 0.15) is 6.93 Å². The fourth-order valence-corrected chi connectivity index (χ4v) is 1.24. The molecular formula is C10H14N2O3. The standard InChI is InChI=1S/C10H14N2O3/c1-12(11-15)9(10(13)14)7-8-5-3-2-4-6-8/h2-6,9,11,15H,7H2,1H3,(H,13,14)/t9-/m0/s1/i1D. The summed E-state index contributed by atoms with van der Waals surface area (Å²) >= 11 is 0. The molecule has 0 unspecified atom stereocenters. The highest BCUT2D eigenvalue weighted by molar-refractivity contribution is 5.73. The van der Waals surface area contributed by atoms with E-state index in [9.17, 15) is 4.79 Å². The molecule has 0 bridgehead atoms. The van der Waals surface area contributed by atoms with Crippen LogP contribution in [-0.4, -0.2) is 34.4 Å². The van der Waals surface area contributed by atoms with Crippen molar-refractivity contribution < 1.29 is 16.5 Å². The van der Waals surface area contributed by atoms with Gasteiger partial charge in [0.1, 0.15) is 6.04 Å². The summed E-state index contributed by atoms with van der Waals surface area (Å²) in [4.78, 5) is 11.0. The number of benzene rings is 1. The second-order valence-electron chi connectivity index (χ2n) is 3.11. The van der Waals surface area contributed by atoms with Crippen molar-refractivity contribution in [2.75, 3.05) is 7.02 Å². The molecule has 0 heterocycles. The second kappa shape index (κ2) is 5.45. The van der Waals surface area contributed by atoms with Crippen LogP contribution in [0.2, 0.25) is 0 Å². The van der Waals surface area contributed by atoms with Crippen LogP contribution in [0, 0.1) is 0 Å². The highest BCUT2D eigenvalue weighted by Crippen LogP contribution is 2.06. The molecule has 0 aromatic heterocycles. The molecule has 0 amide bonds. The van der Waals surface area contributed by atoms with Crippen molar-refractivity contribution in [3.8, 4) is 0 Å². The van der Waals surface area contributed by atoms with Gasteiger partial charge in [-0.15, -0.1) is 5.59 Å². The molecule has 1 aromatic rings. The first-order valence-corrected chi connectivity index (χ1v) is 4.41. The summed E-state index contributed by atoms with van der Waals surface area (Å²) in [6.07, 6.45) is 0.225. The Morgan fingerprint density at radius 2 is 2.27 bits per heavy atom. The van der Waals surface area contributed by atoms with Gasteiger partial charge in [0.2, 0.25) is 0 Å². The summed E-state index contributed by atoms with van der Waals surface area (Å²) in [5.74, 6) is -1.09. The molecule has 5 heteroatoms. The Morgan fingerprint density at radius 3 is 2.73 bits per heavy atom. The van der Waals surface area contributed by atoms with E-state index in [1.807, 2.05) is 18.2 Å². The maximum absolute atomic E-state index is 11.0. The summed E-state index contributed by atoms with van der Waals surface area (Å²) in [5, 5.41) is 18.6. The van der Waals surface area contributed by atoms with Crippen LogP contribution in [0.15, 0.2) is 30.3 Å². The van der Waals surface area contributed by atoms with E-state index in [0.717, 1.165) is 10.6 Å². The minimum absolute atomic E-state index is 0.225. The van der Waals surface area contributed by atoms with Gasteiger partial charge in [-0.1, -0.05) is 30.3 Å². The van der Waals surface area contributed by atoms with Gasteiger partial charge < -0.3 is 10.3 Å². The summed E-state index contributed by atoms with van der Waals surface area (Å²) in [7, 11) is -0.347. The van der Waals surface area contributed by atoms with Crippen molar-refractivity contribution in [2.45, 2.75) is 12.5 Å². The molecule has 1 rings (SSSR count). The van der Waals surface area contributed by atoms with E-state index >= 15 is 0 Å². The Kier molecular flexibility index (Phi) is 3.67. The van der Waals surface area contributed by atoms with E-state index in [4.69, 9.17) is 11.7 Å². The Balaban J connectivity index is 2.76. The summed E-state index contributed by atoms with van der Waals surface area (Å²) in [6, 6.07) is 8.10.